The number of rotatable bonds is 5. The molecular weight excluding hydrogens is 352 g/mol. The summed E-state index contributed by atoms with van der Waals surface area (Å²) in [6.45, 7) is 1.45. The molecule has 0 fully saturated rings. The average molecular weight is 367 g/mol. The number of ketones is 1. The summed E-state index contributed by atoms with van der Waals surface area (Å²) in [6.07, 6.45) is 1.40. The van der Waals surface area contributed by atoms with Crippen LogP contribution in [0.1, 0.15) is 27.8 Å². The number of carbonyl (C=O) groups excluding carboxylic acids is 2. The van der Waals surface area contributed by atoms with E-state index in [-0.39, 0.29) is 11.5 Å². The fraction of sp³-hybridized carbons (Fsp3) is 0.0500. The summed E-state index contributed by atoms with van der Waals surface area (Å²) in [6, 6.07) is 13.1. The van der Waals surface area contributed by atoms with Crippen molar-refractivity contribution >= 4 is 28.8 Å². The molecule has 27 heavy (non-hydrogen) atoms. The standard InChI is InChI=1S/C20H15F2N3O2/c1-12(26)13-3-2-4-14(9-13)25-20(27)19-8-6-16(11-23-19)24-15-5-7-17(21)18(22)10-15/h2-11,24H,1H3,(H,25,27). The Morgan fingerprint density at radius 3 is 2.33 bits per heavy atom. The zero-order valence-electron chi connectivity index (χ0n) is 14.3. The quantitative estimate of drug-likeness (QED) is 0.649. The largest absolute Gasteiger partial charge is 0.354 e. The van der Waals surface area contributed by atoms with Gasteiger partial charge in [0.15, 0.2) is 17.4 Å². The first-order valence-electron chi connectivity index (χ1n) is 8.03. The Morgan fingerprint density at radius 2 is 1.67 bits per heavy atom. The predicted molar refractivity (Wildman–Crippen MR) is 98.3 cm³/mol. The fourth-order valence-corrected chi connectivity index (χ4v) is 2.35. The number of hydrogen-bond acceptors (Lipinski definition) is 4. The molecule has 5 nitrogen and oxygen atoms in total. The van der Waals surface area contributed by atoms with Crippen LogP contribution in [0.3, 0.4) is 0 Å². The van der Waals surface area contributed by atoms with E-state index in [2.05, 4.69) is 15.6 Å². The van der Waals surface area contributed by atoms with Gasteiger partial charge in [0.25, 0.3) is 5.91 Å². The number of benzene rings is 2. The van der Waals surface area contributed by atoms with Gasteiger partial charge in [0, 0.05) is 23.0 Å². The van der Waals surface area contributed by atoms with Gasteiger partial charge in [-0.25, -0.2) is 13.8 Å². The average Bonchev–Trinajstić information content (AvgIpc) is 2.65. The Kier molecular flexibility index (Phi) is 5.21. The molecule has 0 saturated carbocycles. The Bertz CT molecular complexity index is 1000. The number of nitrogens with one attached hydrogen (secondary N) is 2. The van der Waals surface area contributed by atoms with E-state index < -0.39 is 17.5 Å². The summed E-state index contributed by atoms with van der Waals surface area (Å²) < 4.78 is 26.2. The van der Waals surface area contributed by atoms with Crippen LogP contribution in [-0.4, -0.2) is 16.7 Å². The first-order valence-corrected chi connectivity index (χ1v) is 8.03. The highest BCUT2D eigenvalue weighted by atomic mass is 19.2. The molecule has 0 atom stereocenters. The molecule has 0 aliphatic carbocycles. The first kappa shape index (κ1) is 18.2. The van der Waals surface area contributed by atoms with E-state index in [1.807, 2.05) is 0 Å². The molecule has 0 saturated heterocycles. The lowest BCUT2D eigenvalue weighted by Crippen LogP contribution is -2.14. The Labute approximate surface area is 154 Å². The van der Waals surface area contributed by atoms with Gasteiger partial charge in [-0.15, -0.1) is 0 Å². The number of amides is 1. The van der Waals surface area contributed by atoms with Crippen LogP contribution in [0, 0.1) is 11.6 Å². The van der Waals surface area contributed by atoms with E-state index in [1.165, 1.54) is 25.3 Å². The SMILES string of the molecule is CC(=O)c1cccc(NC(=O)c2ccc(Nc3ccc(F)c(F)c3)cn2)c1. The van der Waals surface area contributed by atoms with Crippen molar-refractivity contribution in [2.45, 2.75) is 6.92 Å². The first-order chi connectivity index (χ1) is 12.9. The lowest BCUT2D eigenvalue weighted by Gasteiger charge is -2.08. The zero-order chi connectivity index (χ0) is 19.4. The van der Waals surface area contributed by atoms with Crippen molar-refractivity contribution in [1.82, 2.24) is 4.98 Å². The van der Waals surface area contributed by atoms with E-state index in [0.29, 0.717) is 22.6 Å². The number of carbonyl (C=O) groups is 2. The number of Topliss-reactive ketones (excluding diaryl/α,β-unsaturated/α-hetero) is 1. The van der Waals surface area contributed by atoms with Gasteiger partial charge in [0.2, 0.25) is 0 Å². The van der Waals surface area contributed by atoms with Crippen molar-refractivity contribution < 1.29 is 18.4 Å². The molecule has 136 valence electrons. The van der Waals surface area contributed by atoms with Gasteiger partial charge in [-0.1, -0.05) is 12.1 Å². The number of aromatic nitrogens is 1. The normalized spacial score (nSPS) is 10.3. The monoisotopic (exact) mass is 367 g/mol. The minimum Gasteiger partial charge on any atom is -0.354 e. The van der Waals surface area contributed by atoms with E-state index in [9.17, 15) is 18.4 Å². The summed E-state index contributed by atoms with van der Waals surface area (Å²) in [4.78, 5) is 27.7. The van der Waals surface area contributed by atoms with Crippen LogP contribution in [0.2, 0.25) is 0 Å². The van der Waals surface area contributed by atoms with Crippen molar-refractivity contribution in [1.29, 1.82) is 0 Å². The Balaban J connectivity index is 1.69. The summed E-state index contributed by atoms with van der Waals surface area (Å²) in [7, 11) is 0. The van der Waals surface area contributed by atoms with Crippen molar-refractivity contribution in [3.8, 4) is 0 Å². The number of anilines is 3. The summed E-state index contributed by atoms with van der Waals surface area (Å²) in [5, 5.41) is 5.54. The highest BCUT2D eigenvalue weighted by molar-refractivity contribution is 6.04. The minimum atomic E-state index is -0.961. The van der Waals surface area contributed by atoms with Crippen LogP contribution in [0.15, 0.2) is 60.8 Å². The highest BCUT2D eigenvalue weighted by Crippen LogP contribution is 2.19. The lowest BCUT2D eigenvalue weighted by molar-refractivity contribution is 0.100. The van der Waals surface area contributed by atoms with Gasteiger partial charge < -0.3 is 10.6 Å². The molecule has 0 radical (unpaired) electrons. The molecule has 2 aromatic carbocycles. The van der Waals surface area contributed by atoms with Crippen LogP contribution in [0.4, 0.5) is 25.8 Å². The Morgan fingerprint density at radius 1 is 0.889 bits per heavy atom. The number of hydrogen-bond donors (Lipinski definition) is 2. The molecule has 0 aliphatic heterocycles. The molecule has 0 aliphatic rings. The van der Waals surface area contributed by atoms with Gasteiger partial charge in [-0.05, 0) is 43.3 Å². The van der Waals surface area contributed by atoms with Gasteiger partial charge in [0.05, 0.1) is 11.9 Å². The van der Waals surface area contributed by atoms with Crippen LogP contribution in [-0.2, 0) is 0 Å². The maximum atomic E-state index is 13.2. The predicted octanol–water partition coefficient (Wildman–Crippen LogP) is 4.56. The van der Waals surface area contributed by atoms with Gasteiger partial charge >= 0.3 is 0 Å². The van der Waals surface area contributed by atoms with E-state index in [4.69, 9.17) is 0 Å². The summed E-state index contributed by atoms with van der Waals surface area (Å²) in [5.41, 5.74) is 2.01. The second kappa shape index (κ2) is 7.74. The van der Waals surface area contributed by atoms with Crippen LogP contribution in [0.25, 0.3) is 0 Å². The van der Waals surface area contributed by atoms with Crippen molar-refractivity contribution in [2.75, 3.05) is 10.6 Å². The smallest absolute Gasteiger partial charge is 0.274 e. The molecule has 2 N–H and O–H groups in total. The fourth-order valence-electron chi connectivity index (χ4n) is 2.35. The van der Waals surface area contributed by atoms with E-state index in [1.54, 1.807) is 30.3 Å². The van der Waals surface area contributed by atoms with Gasteiger partial charge in [0.1, 0.15) is 5.69 Å². The molecule has 0 unspecified atom stereocenters. The molecular formula is C20H15F2N3O2. The summed E-state index contributed by atoms with van der Waals surface area (Å²) in [5.74, 6) is -2.43. The molecule has 0 spiro atoms. The van der Waals surface area contributed by atoms with Crippen LogP contribution in [0.5, 0.6) is 0 Å². The number of halogens is 2. The molecule has 3 aromatic rings. The van der Waals surface area contributed by atoms with Crippen molar-refractivity contribution in [3.05, 3.63) is 83.7 Å². The van der Waals surface area contributed by atoms with Gasteiger partial charge in [-0.3, -0.25) is 9.59 Å². The number of pyridine rings is 1. The maximum absolute atomic E-state index is 13.2. The van der Waals surface area contributed by atoms with Crippen molar-refractivity contribution in [3.63, 3.8) is 0 Å². The highest BCUT2D eigenvalue weighted by Gasteiger charge is 2.09. The maximum Gasteiger partial charge on any atom is 0.274 e. The molecule has 1 heterocycles. The third kappa shape index (κ3) is 4.52. The van der Waals surface area contributed by atoms with Crippen molar-refractivity contribution in [2.24, 2.45) is 0 Å². The van der Waals surface area contributed by atoms with E-state index >= 15 is 0 Å². The Hall–Kier alpha value is -3.61. The zero-order valence-corrected chi connectivity index (χ0v) is 14.3. The third-order valence-corrected chi connectivity index (χ3v) is 3.73. The number of nitrogens with zero attached hydrogens (tertiary/aromatic N) is 1. The topological polar surface area (TPSA) is 71.1 Å². The van der Waals surface area contributed by atoms with Crippen LogP contribution < -0.4 is 10.6 Å². The molecule has 1 aromatic heterocycles. The van der Waals surface area contributed by atoms with E-state index in [0.717, 1.165) is 12.1 Å². The van der Waals surface area contributed by atoms with Crippen LogP contribution >= 0.6 is 0 Å². The third-order valence-electron chi connectivity index (χ3n) is 3.73. The molecule has 3 rings (SSSR count). The second-order valence-corrected chi connectivity index (χ2v) is 5.78. The van der Waals surface area contributed by atoms with Gasteiger partial charge in [-0.2, -0.15) is 0 Å². The minimum absolute atomic E-state index is 0.100. The lowest BCUT2D eigenvalue weighted by atomic mass is 10.1. The molecule has 0 bridgehead atoms. The molecule has 1 amide bonds. The molecule has 7 heteroatoms. The summed E-state index contributed by atoms with van der Waals surface area (Å²) >= 11 is 0. The second-order valence-electron chi connectivity index (χ2n) is 5.78.